The highest BCUT2D eigenvalue weighted by Gasteiger charge is 2.48. The van der Waals surface area contributed by atoms with E-state index in [2.05, 4.69) is 5.73 Å². The Hall–Kier alpha value is -0.0000000000000000555. The maximum absolute atomic E-state index is 11.5. The first kappa shape index (κ1) is 12.7. The van der Waals surface area contributed by atoms with Crippen molar-refractivity contribution in [2.45, 2.75) is 18.7 Å². The van der Waals surface area contributed by atoms with E-state index in [1.807, 2.05) is 0 Å². The fourth-order valence-corrected chi connectivity index (χ4v) is 0.116. The van der Waals surface area contributed by atoms with Gasteiger partial charge < -0.3 is 10.8 Å². The fourth-order valence-electron chi connectivity index (χ4n) is 0.116. The van der Waals surface area contributed by atoms with Gasteiger partial charge in [-0.25, -0.2) is 0 Å². The van der Waals surface area contributed by atoms with Gasteiger partial charge in [0.25, 0.3) is 0 Å². The summed E-state index contributed by atoms with van der Waals surface area (Å²) in [5, 5.41) is 8.41. The topological polar surface area (TPSA) is 46.2 Å². The van der Waals surface area contributed by atoms with E-state index in [1.165, 1.54) is 0 Å². The number of hydrogen-bond donors (Lipinski definition) is 2. The Morgan fingerprint density at radius 1 is 1.40 bits per heavy atom. The second-order valence-corrected chi connectivity index (χ2v) is 1.98. The highest BCUT2D eigenvalue weighted by Crippen LogP contribution is 2.28. The predicted molar refractivity (Wildman–Crippen MR) is 33.0 cm³/mol. The van der Waals surface area contributed by atoms with Crippen molar-refractivity contribution in [1.29, 1.82) is 0 Å². The largest absolute Gasteiger partial charge is 0.418 e. The Balaban J connectivity index is 0. The molecule has 0 spiro atoms. The second kappa shape index (κ2) is 3.41. The molecule has 0 aromatic heterocycles. The first-order valence-corrected chi connectivity index (χ1v) is 2.30. The summed E-state index contributed by atoms with van der Waals surface area (Å²) in [6.07, 6.45) is -4.62. The van der Waals surface area contributed by atoms with E-state index >= 15 is 0 Å². The SMILES string of the molecule is CC(O)(CN)C(F)(F)F.Cl. The zero-order valence-corrected chi connectivity index (χ0v) is 6.09. The molecule has 0 aromatic rings. The second-order valence-electron chi connectivity index (χ2n) is 1.98. The molecule has 0 aromatic carbocycles. The van der Waals surface area contributed by atoms with Crippen molar-refractivity contribution in [2.75, 3.05) is 6.54 Å². The lowest BCUT2D eigenvalue weighted by Gasteiger charge is -2.23. The Bertz CT molecular complexity index is 103. The number of halogens is 4. The summed E-state index contributed by atoms with van der Waals surface area (Å²) in [5.74, 6) is 0. The zero-order valence-electron chi connectivity index (χ0n) is 5.27. The summed E-state index contributed by atoms with van der Waals surface area (Å²) in [7, 11) is 0. The average Bonchev–Trinajstić information content (AvgIpc) is 1.64. The number of rotatable bonds is 1. The van der Waals surface area contributed by atoms with Crippen molar-refractivity contribution in [3.05, 3.63) is 0 Å². The third-order valence-corrected chi connectivity index (χ3v) is 1.01. The maximum Gasteiger partial charge on any atom is 0.418 e. The summed E-state index contributed by atoms with van der Waals surface area (Å²) in [4.78, 5) is 0. The molecule has 0 saturated carbocycles. The lowest BCUT2D eigenvalue weighted by atomic mass is 10.1. The van der Waals surface area contributed by atoms with Crippen molar-refractivity contribution < 1.29 is 18.3 Å². The van der Waals surface area contributed by atoms with Crippen LogP contribution in [0.25, 0.3) is 0 Å². The van der Waals surface area contributed by atoms with Gasteiger partial charge in [-0.05, 0) is 6.92 Å². The van der Waals surface area contributed by atoms with Crippen molar-refractivity contribution in [1.82, 2.24) is 0 Å². The van der Waals surface area contributed by atoms with E-state index < -0.39 is 18.3 Å². The molecule has 0 rings (SSSR count). The van der Waals surface area contributed by atoms with Crippen LogP contribution in [0.3, 0.4) is 0 Å². The van der Waals surface area contributed by atoms with Gasteiger partial charge in [-0.1, -0.05) is 0 Å². The number of alkyl halides is 3. The van der Waals surface area contributed by atoms with Crippen molar-refractivity contribution in [3.8, 4) is 0 Å². The first-order valence-electron chi connectivity index (χ1n) is 2.30. The summed E-state index contributed by atoms with van der Waals surface area (Å²) in [5.41, 5.74) is 1.88. The lowest BCUT2D eigenvalue weighted by molar-refractivity contribution is -0.248. The minimum absolute atomic E-state index is 0. The monoisotopic (exact) mass is 179 g/mol. The molecule has 10 heavy (non-hydrogen) atoms. The molecular formula is C4H9ClF3NO. The first-order chi connectivity index (χ1) is 3.81. The normalized spacial score (nSPS) is 17.4. The number of hydrogen-bond acceptors (Lipinski definition) is 2. The highest BCUT2D eigenvalue weighted by atomic mass is 35.5. The van der Waals surface area contributed by atoms with Crippen LogP contribution in [0.15, 0.2) is 0 Å². The molecule has 1 atom stereocenters. The van der Waals surface area contributed by atoms with Gasteiger partial charge in [0, 0.05) is 6.54 Å². The molecule has 2 nitrogen and oxygen atoms in total. The summed E-state index contributed by atoms with van der Waals surface area (Å²) in [6.45, 7) is -0.177. The van der Waals surface area contributed by atoms with Gasteiger partial charge in [0.05, 0.1) is 0 Å². The van der Waals surface area contributed by atoms with Crippen LogP contribution in [0.2, 0.25) is 0 Å². The molecular weight excluding hydrogens is 170 g/mol. The van der Waals surface area contributed by atoms with E-state index in [1.54, 1.807) is 0 Å². The smallest absolute Gasteiger partial charge is 0.380 e. The number of nitrogens with two attached hydrogens (primary N) is 1. The van der Waals surface area contributed by atoms with E-state index in [4.69, 9.17) is 5.11 Å². The lowest BCUT2D eigenvalue weighted by Crippen LogP contribution is -2.48. The summed E-state index contributed by atoms with van der Waals surface area (Å²) < 4.78 is 34.5. The van der Waals surface area contributed by atoms with Gasteiger partial charge >= 0.3 is 6.18 Å². The quantitative estimate of drug-likeness (QED) is 0.622. The van der Waals surface area contributed by atoms with Crippen LogP contribution < -0.4 is 5.73 Å². The van der Waals surface area contributed by atoms with Crippen LogP contribution in [0.1, 0.15) is 6.92 Å². The van der Waals surface area contributed by atoms with Gasteiger partial charge in [0.2, 0.25) is 0 Å². The van der Waals surface area contributed by atoms with Crippen molar-refractivity contribution in [3.63, 3.8) is 0 Å². The molecule has 0 aliphatic heterocycles. The van der Waals surface area contributed by atoms with E-state index in [0.717, 1.165) is 0 Å². The molecule has 0 heterocycles. The van der Waals surface area contributed by atoms with Gasteiger partial charge in [-0.15, -0.1) is 12.4 Å². The molecule has 0 radical (unpaired) electrons. The molecule has 64 valence electrons. The van der Waals surface area contributed by atoms with Gasteiger partial charge in [0.15, 0.2) is 5.60 Å². The molecule has 6 heteroatoms. The van der Waals surface area contributed by atoms with E-state index in [9.17, 15) is 13.2 Å². The van der Waals surface area contributed by atoms with Crippen LogP contribution in [0.4, 0.5) is 13.2 Å². The summed E-state index contributed by atoms with van der Waals surface area (Å²) in [6, 6.07) is 0. The van der Waals surface area contributed by atoms with Crippen LogP contribution in [-0.2, 0) is 0 Å². The Kier molecular flexibility index (Phi) is 4.31. The molecule has 0 fully saturated rings. The van der Waals surface area contributed by atoms with Crippen LogP contribution in [0, 0.1) is 0 Å². The molecule has 0 aliphatic rings. The third kappa shape index (κ3) is 2.72. The number of aliphatic hydroxyl groups is 1. The van der Waals surface area contributed by atoms with Crippen LogP contribution in [0.5, 0.6) is 0 Å². The van der Waals surface area contributed by atoms with Gasteiger partial charge in [-0.2, -0.15) is 13.2 Å². The van der Waals surface area contributed by atoms with E-state index in [-0.39, 0.29) is 12.4 Å². The Morgan fingerprint density at radius 3 is 1.70 bits per heavy atom. The maximum atomic E-state index is 11.5. The average molecular weight is 180 g/mol. The molecule has 0 saturated heterocycles. The fraction of sp³-hybridized carbons (Fsp3) is 1.00. The Morgan fingerprint density at radius 2 is 1.70 bits per heavy atom. The third-order valence-electron chi connectivity index (χ3n) is 1.01. The standard InChI is InChI=1S/C4H8F3NO.ClH/c1-3(9,2-8)4(5,6)7;/h9H,2,8H2,1H3;1H. The van der Waals surface area contributed by atoms with Crippen molar-refractivity contribution >= 4 is 12.4 Å². The molecule has 1 unspecified atom stereocenters. The van der Waals surface area contributed by atoms with Gasteiger partial charge in [0.1, 0.15) is 0 Å². The molecule has 0 aliphatic carbocycles. The summed E-state index contributed by atoms with van der Waals surface area (Å²) >= 11 is 0. The zero-order chi connectivity index (χ0) is 7.71. The van der Waals surface area contributed by atoms with Crippen LogP contribution in [-0.4, -0.2) is 23.4 Å². The van der Waals surface area contributed by atoms with E-state index in [0.29, 0.717) is 6.92 Å². The predicted octanol–water partition coefficient (Wildman–Crippen LogP) is 0.680. The minimum atomic E-state index is -4.62. The Labute approximate surface area is 62.6 Å². The minimum Gasteiger partial charge on any atom is -0.380 e. The van der Waals surface area contributed by atoms with Crippen LogP contribution >= 0.6 is 12.4 Å². The molecule has 3 N–H and O–H groups in total. The van der Waals surface area contributed by atoms with Crippen molar-refractivity contribution in [2.24, 2.45) is 5.73 Å². The van der Waals surface area contributed by atoms with Gasteiger partial charge in [-0.3, -0.25) is 0 Å². The highest BCUT2D eigenvalue weighted by molar-refractivity contribution is 5.85. The molecule has 0 bridgehead atoms. The molecule has 0 amide bonds.